The fourth-order valence-corrected chi connectivity index (χ4v) is 6.74. The van der Waals surface area contributed by atoms with E-state index in [1.54, 1.807) is 6.92 Å². The normalized spacial score (nSPS) is 48.8. The van der Waals surface area contributed by atoms with E-state index in [0.29, 0.717) is 5.57 Å². The number of aliphatic hydroxyl groups is 2. The van der Waals surface area contributed by atoms with Crippen LogP contribution in [0.15, 0.2) is 22.7 Å². The summed E-state index contributed by atoms with van der Waals surface area (Å²) >= 11 is 0. The number of carbonyl (C=O) groups excluding carboxylic acids is 3. The van der Waals surface area contributed by atoms with Crippen molar-refractivity contribution in [2.24, 2.45) is 22.2 Å². The molecule has 8 nitrogen and oxygen atoms in total. The number of methoxy groups -OCH3 is 1. The van der Waals surface area contributed by atoms with Gasteiger partial charge in [0, 0.05) is 0 Å². The Bertz CT molecular complexity index is 899. The lowest BCUT2D eigenvalue weighted by Crippen LogP contribution is -2.65. The van der Waals surface area contributed by atoms with Crippen molar-refractivity contribution in [3.05, 3.63) is 22.7 Å². The Morgan fingerprint density at radius 2 is 1.73 bits per heavy atom. The molecule has 1 saturated carbocycles. The standard InChI is InChI=1S/C18H18O8/c1-7-9(19)10(20)12-15-4-26-14(22)17(15)6-25-5-16(7,17)18(12,23)13(21)11(24-3)8(15)2/h12,19,23H,4-6H2,1-3H3. The summed E-state index contributed by atoms with van der Waals surface area (Å²) in [5, 5.41) is 22.3. The highest BCUT2D eigenvalue weighted by molar-refractivity contribution is 6.15. The molecular weight excluding hydrogens is 344 g/mol. The van der Waals surface area contributed by atoms with Crippen molar-refractivity contribution in [2.45, 2.75) is 19.4 Å². The molecule has 26 heavy (non-hydrogen) atoms. The largest absolute Gasteiger partial charge is 0.504 e. The predicted octanol–water partition coefficient (Wildman–Crippen LogP) is -0.189. The minimum absolute atomic E-state index is 0.0582. The number of rotatable bonds is 1. The summed E-state index contributed by atoms with van der Waals surface area (Å²) in [6.07, 6.45) is 0. The fraction of sp³-hybridized carbons (Fsp3) is 0.611. The van der Waals surface area contributed by atoms with Gasteiger partial charge in [-0.3, -0.25) is 14.4 Å². The second-order valence-corrected chi connectivity index (χ2v) is 7.88. The molecular formula is C18H18O8. The maximum atomic E-state index is 13.3. The van der Waals surface area contributed by atoms with Gasteiger partial charge in [-0.2, -0.15) is 0 Å². The third-order valence-corrected chi connectivity index (χ3v) is 7.73. The van der Waals surface area contributed by atoms with Gasteiger partial charge in [-0.1, -0.05) is 0 Å². The minimum atomic E-state index is -2.23. The summed E-state index contributed by atoms with van der Waals surface area (Å²) in [4.78, 5) is 39.5. The molecule has 5 atom stereocenters. The molecule has 3 aliphatic carbocycles. The molecule has 3 fully saturated rings. The Morgan fingerprint density at radius 3 is 2.38 bits per heavy atom. The second kappa shape index (κ2) is 4.04. The Hall–Kier alpha value is -2.19. The van der Waals surface area contributed by atoms with E-state index < -0.39 is 51.1 Å². The Kier molecular flexibility index (Phi) is 2.49. The van der Waals surface area contributed by atoms with Crippen LogP contribution in [0.25, 0.3) is 0 Å². The highest BCUT2D eigenvalue weighted by Crippen LogP contribution is 2.82. The smallest absolute Gasteiger partial charge is 0.316 e. The van der Waals surface area contributed by atoms with Gasteiger partial charge in [0.15, 0.2) is 17.1 Å². The van der Waals surface area contributed by atoms with Crippen LogP contribution in [0, 0.1) is 22.2 Å². The number of aliphatic hydroxyl groups excluding tert-OH is 1. The van der Waals surface area contributed by atoms with Crippen LogP contribution in [0.4, 0.5) is 0 Å². The number of cyclic esters (lactones) is 1. The molecule has 4 bridgehead atoms. The minimum Gasteiger partial charge on any atom is -0.504 e. The molecule has 8 heteroatoms. The molecule has 2 saturated heterocycles. The highest BCUT2D eigenvalue weighted by atomic mass is 16.6. The van der Waals surface area contributed by atoms with Gasteiger partial charge in [0.25, 0.3) is 0 Å². The molecule has 0 aromatic carbocycles. The van der Waals surface area contributed by atoms with Crippen LogP contribution in [0.3, 0.4) is 0 Å². The molecule has 0 radical (unpaired) electrons. The number of allylic oxidation sites excluding steroid dienone is 1. The number of carbonyl (C=O) groups is 3. The van der Waals surface area contributed by atoms with Crippen LogP contribution in [-0.4, -0.2) is 60.3 Å². The summed E-state index contributed by atoms with van der Waals surface area (Å²) in [5.41, 5.74) is -6.11. The van der Waals surface area contributed by atoms with E-state index in [1.807, 2.05) is 0 Å². The van der Waals surface area contributed by atoms with E-state index in [0.717, 1.165) is 0 Å². The maximum Gasteiger partial charge on any atom is 0.316 e. The van der Waals surface area contributed by atoms with E-state index in [4.69, 9.17) is 14.2 Å². The molecule has 3 spiro atoms. The average molecular weight is 362 g/mol. The van der Waals surface area contributed by atoms with E-state index >= 15 is 0 Å². The van der Waals surface area contributed by atoms with Crippen molar-refractivity contribution in [3.63, 3.8) is 0 Å². The zero-order chi connectivity index (χ0) is 18.9. The maximum absolute atomic E-state index is 13.3. The summed E-state index contributed by atoms with van der Waals surface area (Å²) in [6, 6.07) is 0. The van der Waals surface area contributed by atoms with Gasteiger partial charge in [0.05, 0.1) is 37.1 Å². The molecule has 138 valence electrons. The molecule has 0 aromatic heterocycles. The number of hydrogen-bond acceptors (Lipinski definition) is 8. The van der Waals surface area contributed by atoms with Crippen molar-refractivity contribution in [1.82, 2.24) is 0 Å². The topological polar surface area (TPSA) is 119 Å². The van der Waals surface area contributed by atoms with Crippen LogP contribution in [0.1, 0.15) is 13.8 Å². The SMILES string of the molecule is COC1=C(C)C23COC(=O)C24COCC42C(C)=C(O)C(=O)C3C2(O)C1=O. The summed E-state index contributed by atoms with van der Waals surface area (Å²) in [5.74, 6) is -4.00. The zero-order valence-electron chi connectivity index (χ0n) is 14.5. The van der Waals surface area contributed by atoms with E-state index in [2.05, 4.69) is 0 Å². The van der Waals surface area contributed by atoms with Crippen LogP contribution in [-0.2, 0) is 28.6 Å². The zero-order valence-corrected chi connectivity index (χ0v) is 14.5. The monoisotopic (exact) mass is 362 g/mol. The Balaban J connectivity index is 2.04. The van der Waals surface area contributed by atoms with Gasteiger partial charge in [-0.15, -0.1) is 0 Å². The highest BCUT2D eigenvalue weighted by Gasteiger charge is 2.96. The quantitative estimate of drug-likeness (QED) is 0.616. The number of Topliss-reactive ketones (excluding diaryl/α,β-unsaturated/α-hetero) is 2. The van der Waals surface area contributed by atoms with Crippen LogP contribution in [0.2, 0.25) is 0 Å². The van der Waals surface area contributed by atoms with Gasteiger partial charge in [-0.25, -0.2) is 0 Å². The molecule has 2 heterocycles. The third kappa shape index (κ3) is 1.01. The van der Waals surface area contributed by atoms with Gasteiger partial charge < -0.3 is 24.4 Å². The third-order valence-electron chi connectivity index (χ3n) is 7.73. The fourth-order valence-electron chi connectivity index (χ4n) is 6.74. The predicted molar refractivity (Wildman–Crippen MR) is 82.6 cm³/mol. The van der Waals surface area contributed by atoms with Crippen LogP contribution >= 0.6 is 0 Å². The van der Waals surface area contributed by atoms with Crippen LogP contribution < -0.4 is 0 Å². The first-order valence-corrected chi connectivity index (χ1v) is 8.42. The lowest BCUT2D eigenvalue weighted by atomic mass is 9.54. The lowest BCUT2D eigenvalue weighted by molar-refractivity contribution is -0.174. The van der Waals surface area contributed by atoms with Gasteiger partial charge >= 0.3 is 5.97 Å². The van der Waals surface area contributed by atoms with Gasteiger partial charge in [0.2, 0.25) is 11.6 Å². The van der Waals surface area contributed by atoms with E-state index in [9.17, 15) is 24.6 Å². The van der Waals surface area contributed by atoms with E-state index in [1.165, 1.54) is 14.0 Å². The number of hydrogen-bond donors (Lipinski definition) is 2. The van der Waals surface area contributed by atoms with Crippen molar-refractivity contribution in [1.29, 1.82) is 0 Å². The van der Waals surface area contributed by atoms with Crippen molar-refractivity contribution >= 4 is 17.5 Å². The Labute approximate surface area is 148 Å². The first kappa shape index (κ1) is 16.0. The molecule has 2 aliphatic heterocycles. The second-order valence-electron chi connectivity index (χ2n) is 7.88. The molecule has 0 amide bonds. The van der Waals surface area contributed by atoms with Crippen molar-refractivity contribution in [2.75, 3.05) is 26.9 Å². The average Bonchev–Trinajstić information content (AvgIpc) is 3.18. The van der Waals surface area contributed by atoms with E-state index in [-0.39, 0.29) is 31.2 Å². The lowest BCUT2D eigenvalue weighted by Gasteiger charge is -2.48. The molecule has 5 unspecified atom stereocenters. The number of esters is 1. The molecule has 2 N–H and O–H groups in total. The first-order valence-electron chi connectivity index (χ1n) is 8.42. The van der Waals surface area contributed by atoms with Gasteiger partial charge in [0.1, 0.15) is 12.0 Å². The summed E-state index contributed by atoms with van der Waals surface area (Å²) < 4.78 is 16.4. The van der Waals surface area contributed by atoms with Crippen molar-refractivity contribution < 1.29 is 38.8 Å². The molecule has 5 rings (SSSR count). The van der Waals surface area contributed by atoms with Gasteiger partial charge in [-0.05, 0) is 25.0 Å². The molecule has 0 aromatic rings. The number of ketones is 2. The summed E-state index contributed by atoms with van der Waals surface area (Å²) in [6.45, 7) is 2.63. The number of ether oxygens (including phenoxy) is 3. The summed E-state index contributed by atoms with van der Waals surface area (Å²) in [7, 11) is 1.31. The molecule has 5 aliphatic rings. The first-order chi connectivity index (χ1) is 12.2. The Morgan fingerprint density at radius 1 is 1.08 bits per heavy atom. The van der Waals surface area contributed by atoms with Crippen LogP contribution in [0.5, 0.6) is 0 Å². The van der Waals surface area contributed by atoms with Crippen molar-refractivity contribution in [3.8, 4) is 0 Å².